The van der Waals surface area contributed by atoms with Crippen molar-refractivity contribution in [3.63, 3.8) is 0 Å². The number of fused-ring (bicyclic) bond motifs is 1. The second kappa shape index (κ2) is 3.90. The van der Waals surface area contributed by atoms with E-state index in [2.05, 4.69) is 4.72 Å². The fraction of sp³-hybridized carbons (Fsp3) is 0.200. The highest BCUT2D eigenvalue weighted by Crippen LogP contribution is 2.33. The van der Waals surface area contributed by atoms with Gasteiger partial charge in [-0.3, -0.25) is 0 Å². The minimum absolute atomic E-state index is 0.00407. The van der Waals surface area contributed by atoms with E-state index < -0.39 is 10.0 Å². The van der Waals surface area contributed by atoms with Crippen LogP contribution in [0.2, 0.25) is 5.02 Å². The van der Waals surface area contributed by atoms with Crippen LogP contribution in [0.25, 0.3) is 10.9 Å². The summed E-state index contributed by atoms with van der Waals surface area (Å²) in [6, 6.07) is 2.64. The molecule has 5 nitrogen and oxygen atoms in total. The van der Waals surface area contributed by atoms with Crippen LogP contribution in [-0.2, 0) is 17.1 Å². The summed E-state index contributed by atoms with van der Waals surface area (Å²) >= 11 is 5.97. The van der Waals surface area contributed by atoms with Crippen LogP contribution in [0.1, 0.15) is 0 Å². The molecule has 0 aliphatic carbocycles. The third kappa shape index (κ3) is 1.88. The van der Waals surface area contributed by atoms with Gasteiger partial charge in [0, 0.05) is 24.7 Å². The van der Waals surface area contributed by atoms with E-state index in [1.807, 2.05) is 0 Å². The predicted octanol–water partition coefficient (Wildman–Crippen LogP) is 1.45. The molecule has 17 heavy (non-hydrogen) atoms. The van der Waals surface area contributed by atoms with Crippen LogP contribution in [-0.4, -0.2) is 25.1 Å². The highest BCUT2D eigenvalue weighted by molar-refractivity contribution is 7.89. The number of halogens is 1. The van der Waals surface area contributed by atoms with Gasteiger partial charge in [-0.25, -0.2) is 13.1 Å². The first-order chi connectivity index (χ1) is 7.86. The second-order valence-corrected chi connectivity index (χ2v) is 5.90. The highest BCUT2D eigenvalue weighted by atomic mass is 35.5. The summed E-state index contributed by atoms with van der Waals surface area (Å²) in [6.45, 7) is 0. The molecule has 1 aromatic heterocycles. The van der Waals surface area contributed by atoms with Gasteiger partial charge >= 0.3 is 0 Å². The average molecular weight is 275 g/mol. The lowest BCUT2D eigenvalue weighted by molar-refractivity contribution is 0.474. The molecule has 0 bridgehead atoms. The largest absolute Gasteiger partial charge is 0.508 e. The van der Waals surface area contributed by atoms with E-state index in [4.69, 9.17) is 11.6 Å². The number of aromatic hydroxyl groups is 1. The van der Waals surface area contributed by atoms with E-state index in [0.29, 0.717) is 15.9 Å². The van der Waals surface area contributed by atoms with Crippen molar-refractivity contribution in [2.75, 3.05) is 7.05 Å². The van der Waals surface area contributed by atoms with Gasteiger partial charge in [0.05, 0.1) is 10.5 Å². The summed E-state index contributed by atoms with van der Waals surface area (Å²) in [5, 5.41) is 10.4. The Morgan fingerprint density at radius 3 is 2.65 bits per heavy atom. The minimum Gasteiger partial charge on any atom is -0.508 e. The number of sulfonamides is 1. The van der Waals surface area contributed by atoms with Crippen LogP contribution in [0, 0.1) is 0 Å². The molecule has 2 rings (SSSR count). The molecule has 1 heterocycles. The van der Waals surface area contributed by atoms with E-state index in [9.17, 15) is 13.5 Å². The Kier molecular flexibility index (Phi) is 2.81. The molecule has 0 atom stereocenters. The lowest BCUT2D eigenvalue weighted by Crippen LogP contribution is -2.19. The number of nitrogens with one attached hydrogen (secondary N) is 1. The molecule has 7 heteroatoms. The maximum atomic E-state index is 11.8. The number of aryl methyl sites for hydroxylation is 1. The molecule has 2 N–H and O–H groups in total. The normalized spacial score (nSPS) is 12.2. The number of hydrogen-bond acceptors (Lipinski definition) is 3. The first-order valence-corrected chi connectivity index (χ1v) is 6.64. The number of rotatable bonds is 2. The average Bonchev–Trinajstić information content (AvgIpc) is 2.53. The number of phenols is 1. The van der Waals surface area contributed by atoms with Gasteiger partial charge in [0.1, 0.15) is 10.6 Å². The third-order valence-corrected chi connectivity index (χ3v) is 4.26. The summed E-state index contributed by atoms with van der Waals surface area (Å²) in [5.74, 6) is -0.139. The zero-order valence-electron chi connectivity index (χ0n) is 9.23. The topological polar surface area (TPSA) is 71.3 Å². The summed E-state index contributed by atoms with van der Waals surface area (Å²) < 4.78 is 27.5. The first kappa shape index (κ1) is 12.2. The standard InChI is InChI=1S/C10H11ClN2O3S/c1-12-17(15,16)9-4-6(14)3-7-8(11)5-13(2)10(7)9/h3-5,12,14H,1-2H3. The van der Waals surface area contributed by atoms with Crippen LogP contribution < -0.4 is 4.72 Å². The molecule has 0 saturated carbocycles. The van der Waals surface area contributed by atoms with E-state index >= 15 is 0 Å². The van der Waals surface area contributed by atoms with Crippen LogP contribution in [0.15, 0.2) is 23.2 Å². The molecular formula is C10H11ClN2O3S. The molecule has 2 aromatic rings. The number of aromatic nitrogens is 1. The van der Waals surface area contributed by atoms with Gasteiger partial charge < -0.3 is 9.67 Å². The Morgan fingerprint density at radius 1 is 1.41 bits per heavy atom. The van der Waals surface area contributed by atoms with Crippen LogP contribution in [0.4, 0.5) is 0 Å². The molecular weight excluding hydrogens is 264 g/mol. The Morgan fingerprint density at radius 2 is 2.06 bits per heavy atom. The monoisotopic (exact) mass is 274 g/mol. The van der Waals surface area contributed by atoms with Crippen molar-refractivity contribution in [1.29, 1.82) is 0 Å². The molecule has 0 aliphatic rings. The lowest BCUT2D eigenvalue weighted by atomic mass is 10.2. The van der Waals surface area contributed by atoms with E-state index in [1.54, 1.807) is 17.8 Å². The number of phenolic OH excluding ortho intramolecular Hbond substituents is 1. The summed E-state index contributed by atoms with van der Waals surface area (Å²) in [6.07, 6.45) is 1.60. The molecule has 0 radical (unpaired) electrons. The van der Waals surface area contributed by atoms with Gasteiger partial charge in [-0.05, 0) is 13.1 Å². The van der Waals surface area contributed by atoms with Gasteiger partial charge in [0.25, 0.3) is 0 Å². The maximum Gasteiger partial charge on any atom is 0.242 e. The fourth-order valence-electron chi connectivity index (χ4n) is 1.76. The van der Waals surface area contributed by atoms with Crippen molar-refractivity contribution in [3.05, 3.63) is 23.4 Å². The first-order valence-electron chi connectivity index (χ1n) is 4.78. The lowest BCUT2D eigenvalue weighted by Gasteiger charge is -2.07. The van der Waals surface area contributed by atoms with Gasteiger partial charge in [0.2, 0.25) is 10.0 Å². The summed E-state index contributed by atoms with van der Waals surface area (Å²) in [5.41, 5.74) is 0.460. The maximum absolute atomic E-state index is 11.8. The summed E-state index contributed by atoms with van der Waals surface area (Å²) in [7, 11) is -0.636. The van der Waals surface area contributed by atoms with Crippen molar-refractivity contribution >= 4 is 32.5 Å². The van der Waals surface area contributed by atoms with Crippen molar-refractivity contribution < 1.29 is 13.5 Å². The SMILES string of the molecule is CNS(=O)(=O)c1cc(O)cc2c(Cl)cn(C)c12. The molecule has 0 aliphatic heterocycles. The quantitative estimate of drug-likeness (QED) is 0.871. The Hall–Kier alpha value is -1.24. The predicted molar refractivity (Wildman–Crippen MR) is 65.8 cm³/mol. The fourth-order valence-corrected chi connectivity index (χ4v) is 3.05. The molecule has 0 spiro atoms. The van der Waals surface area contributed by atoms with E-state index in [1.165, 1.54) is 19.2 Å². The highest BCUT2D eigenvalue weighted by Gasteiger charge is 2.20. The van der Waals surface area contributed by atoms with Crippen molar-refractivity contribution in [1.82, 2.24) is 9.29 Å². The Labute approximate surface area is 104 Å². The van der Waals surface area contributed by atoms with Crippen LogP contribution >= 0.6 is 11.6 Å². The smallest absolute Gasteiger partial charge is 0.242 e. The Bertz CT molecular complexity index is 691. The molecule has 0 unspecified atom stereocenters. The van der Waals surface area contributed by atoms with E-state index in [-0.39, 0.29) is 10.6 Å². The molecule has 0 saturated heterocycles. The van der Waals surface area contributed by atoms with Gasteiger partial charge in [-0.2, -0.15) is 0 Å². The van der Waals surface area contributed by atoms with Gasteiger partial charge in [0.15, 0.2) is 0 Å². The number of hydrogen-bond donors (Lipinski definition) is 2. The molecule has 1 aromatic carbocycles. The number of nitrogens with zero attached hydrogens (tertiary/aromatic N) is 1. The van der Waals surface area contributed by atoms with Gasteiger partial charge in [-0.1, -0.05) is 11.6 Å². The molecule has 0 amide bonds. The minimum atomic E-state index is -3.65. The van der Waals surface area contributed by atoms with Gasteiger partial charge in [-0.15, -0.1) is 0 Å². The molecule has 0 fully saturated rings. The summed E-state index contributed by atoms with van der Waals surface area (Å²) in [4.78, 5) is 0.00407. The molecule has 92 valence electrons. The van der Waals surface area contributed by atoms with Crippen molar-refractivity contribution in [2.24, 2.45) is 7.05 Å². The third-order valence-electron chi connectivity index (χ3n) is 2.53. The Balaban J connectivity index is 2.98. The zero-order valence-corrected chi connectivity index (χ0v) is 10.8. The second-order valence-electron chi connectivity index (χ2n) is 3.64. The number of benzene rings is 1. The van der Waals surface area contributed by atoms with Crippen LogP contribution in [0.3, 0.4) is 0 Å². The van der Waals surface area contributed by atoms with E-state index in [0.717, 1.165) is 0 Å². The van der Waals surface area contributed by atoms with Crippen molar-refractivity contribution in [2.45, 2.75) is 4.90 Å². The zero-order chi connectivity index (χ0) is 12.8. The van der Waals surface area contributed by atoms with Crippen LogP contribution in [0.5, 0.6) is 5.75 Å². The van der Waals surface area contributed by atoms with Crippen molar-refractivity contribution in [3.8, 4) is 5.75 Å².